The SMILES string of the molecule is O=C(Nc1ccc2c(c1)CCN(c1ccccn1)C2)c1ccccc1-c1ccc(C(F)(F)F)cc1. The van der Waals surface area contributed by atoms with E-state index in [2.05, 4.69) is 15.2 Å². The van der Waals surface area contributed by atoms with Crippen LogP contribution in [0.2, 0.25) is 0 Å². The maximum atomic E-state index is 13.1. The van der Waals surface area contributed by atoms with Crippen LogP contribution in [0.5, 0.6) is 0 Å². The highest BCUT2D eigenvalue weighted by molar-refractivity contribution is 6.08. The number of nitrogens with zero attached hydrogens (tertiary/aromatic N) is 2. The summed E-state index contributed by atoms with van der Waals surface area (Å²) in [6.45, 7) is 1.58. The normalized spacial score (nSPS) is 13.3. The second kappa shape index (κ2) is 9.25. The van der Waals surface area contributed by atoms with E-state index >= 15 is 0 Å². The first-order valence-electron chi connectivity index (χ1n) is 11.2. The molecule has 1 aliphatic rings. The van der Waals surface area contributed by atoms with Gasteiger partial charge in [0.25, 0.3) is 5.91 Å². The molecule has 3 aromatic carbocycles. The van der Waals surface area contributed by atoms with Gasteiger partial charge < -0.3 is 10.2 Å². The number of carbonyl (C=O) groups excluding carboxylic acids is 1. The number of pyridine rings is 1. The molecule has 0 radical (unpaired) electrons. The molecule has 4 aromatic rings. The summed E-state index contributed by atoms with van der Waals surface area (Å²) >= 11 is 0. The van der Waals surface area contributed by atoms with Gasteiger partial charge in [-0.3, -0.25) is 4.79 Å². The summed E-state index contributed by atoms with van der Waals surface area (Å²) < 4.78 is 38.8. The Morgan fingerprint density at radius 3 is 2.40 bits per heavy atom. The van der Waals surface area contributed by atoms with Gasteiger partial charge in [0.1, 0.15) is 5.82 Å². The second-order valence-corrected chi connectivity index (χ2v) is 8.42. The Hall–Kier alpha value is -4.13. The summed E-state index contributed by atoms with van der Waals surface area (Å²) in [5.41, 5.74) is 3.83. The molecule has 1 N–H and O–H groups in total. The predicted octanol–water partition coefficient (Wildman–Crippen LogP) is 6.58. The highest BCUT2D eigenvalue weighted by Crippen LogP contribution is 2.32. The lowest BCUT2D eigenvalue weighted by Gasteiger charge is -2.30. The molecule has 0 unspecified atom stereocenters. The largest absolute Gasteiger partial charge is 0.416 e. The monoisotopic (exact) mass is 473 g/mol. The number of hydrogen-bond acceptors (Lipinski definition) is 3. The summed E-state index contributed by atoms with van der Waals surface area (Å²) in [7, 11) is 0. The maximum absolute atomic E-state index is 13.1. The van der Waals surface area contributed by atoms with E-state index in [0.717, 1.165) is 37.5 Å². The van der Waals surface area contributed by atoms with Gasteiger partial charge in [-0.1, -0.05) is 42.5 Å². The highest BCUT2D eigenvalue weighted by Gasteiger charge is 2.30. The number of alkyl halides is 3. The van der Waals surface area contributed by atoms with Gasteiger partial charge in [-0.05, 0) is 71.1 Å². The molecule has 7 heteroatoms. The summed E-state index contributed by atoms with van der Waals surface area (Å²) in [4.78, 5) is 19.8. The van der Waals surface area contributed by atoms with E-state index in [4.69, 9.17) is 0 Å². The van der Waals surface area contributed by atoms with Crippen LogP contribution in [0.1, 0.15) is 27.0 Å². The van der Waals surface area contributed by atoms with Gasteiger partial charge in [-0.2, -0.15) is 13.2 Å². The Kier molecular flexibility index (Phi) is 5.99. The number of aromatic nitrogens is 1. The standard InChI is InChI=1S/C28H22F3N3O/c29-28(30,31)22-11-8-19(9-12-22)24-5-1-2-6-25(24)27(35)33-23-13-10-21-18-34(16-14-20(21)17-23)26-7-3-4-15-32-26/h1-13,15,17H,14,16,18H2,(H,33,35). The lowest BCUT2D eigenvalue weighted by molar-refractivity contribution is -0.137. The van der Waals surface area contributed by atoms with E-state index < -0.39 is 11.7 Å². The zero-order chi connectivity index (χ0) is 24.4. The number of nitrogens with one attached hydrogen (secondary N) is 1. The molecule has 0 aliphatic carbocycles. The van der Waals surface area contributed by atoms with Crippen molar-refractivity contribution in [1.29, 1.82) is 0 Å². The van der Waals surface area contributed by atoms with Crippen molar-refractivity contribution >= 4 is 17.4 Å². The minimum absolute atomic E-state index is 0.314. The number of amides is 1. The van der Waals surface area contributed by atoms with Gasteiger partial charge in [0.15, 0.2) is 0 Å². The molecule has 0 saturated carbocycles. The highest BCUT2D eigenvalue weighted by atomic mass is 19.4. The van der Waals surface area contributed by atoms with Gasteiger partial charge in [0.05, 0.1) is 5.56 Å². The third kappa shape index (κ3) is 4.89. The number of hydrogen-bond donors (Lipinski definition) is 1. The average molecular weight is 473 g/mol. The van der Waals surface area contributed by atoms with Crippen LogP contribution < -0.4 is 10.2 Å². The molecular formula is C28H22F3N3O. The predicted molar refractivity (Wildman–Crippen MR) is 130 cm³/mol. The van der Waals surface area contributed by atoms with E-state index in [9.17, 15) is 18.0 Å². The van der Waals surface area contributed by atoms with Crippen molar-refractivity contribution in [2.45, 2.75) is 19.1 Å². The molecule has 176 valence electrons. The molecule has 0 bridgehead atoms. The number of carbonyl (C=O) groups is 1. The Labute approximate surface area is 201 Å². The zero-order valence-corrected chi connectivity index (χ0v) is 18.7. The topological polar surface area (TPSA) is 45.2 Å². The summed E-state index contributed by atoms with van der Waals surface area (Å²) in [6, 6.07) is 23.5. The van der Waals surface area contributed by atoms with E-state index in [1.165, 1.54) is 23.3 Å². The number of benzene rings is 3. The Bertz CT molecular complexity index is 1350. The fraction of sp³-hybridized carbons (Fsp3) is 0.143. The molecule has 5 rings (SSSR count). The van der Waals surface area contributed by atoms with Crippen LogP contribution >= 0.6 is 0 Å². The van der Waals surface area contributed by atoms with E-state index in [1.54, 1.807) is 30.5 Å². The Morgan fingerprint density at radius 2 is 1.66 bits per heavy atom. The molecule has 4 nitrogen and oxygen atoms in total. The van der Waals surface area contributed by atoms with Crippen LogP contribution in [0.3, 0.4) is 0 Å². The number of fused-ring (bicyclic) bond motifs is 1. The quantitative estimate of drug-likeness (QED) is 0.364. The van der Waals surface area contributed by atoms with Gasteiger partial charge in [-0.25, -0.2) is 4.98 Å². The smallest absolute Gasteiger partial charge is 0.352 e. The van der Waals surface area contributed by atoms with Crippen LogP contribution in [0, 0.1) is 0 Å². The Morgan fingerprint density at radius 1 is 0.886 bits per heavy atom. The zero-order valence-electron chi connectivity index (χ0n) is 18.7. The minimum Gasteiger partial charge on any atom is -0.352 e. The lowest BCUT2D eigenvalue weighted by Crippen LogP contribution is -2.31. The average Bonchev–Trinajstić information content (AvgIpc) is 2.88. The lowest BCUT2D eigenvalue weighted by atomic mass is 9.97. The molecule has 35 heavy (non-hydrogen) atoms. The minimum atomic E-state index is -4.41. The first-order chi connectivity index (χ1) is 16.9. The summed E-state index contributed by atoms with van der Waals surface area (Å²) in [5, 5.41) is 2.95. The molecule has 0 spiro atoms. The van der Waals surface area contributed by atoms with E-state index in [-0.39, 0.29) is 5.91 Å². The van der Waals surface area contributed by atoms with Gasteiger partial charge in [0, 0.05) is 30.5 Å². The maximum Gasteiger partial charge on any atom is 0.416 e. The molecule has 1 amide bonds. The fourth-order valence-corrected chi connectivity index (χ4v) is 4.34. The summed E-state index contributed by atoms with van der Waals surface area (Å²) in [5.74, 6) is 0.627. The van der Waals surface area contributed by atoms with E-state index in [1.807, 2.05) is 36.4 Å². The Balaban J connectivity index is 1.34. The van der Waals surface area contributed by atoms with Crippen molar-refractivity contribution < 1.29 is 18.0 Å². The van der Waals surface area contributed by atoms with Crippen molar-refractivity contribution in [1.82, 2.24) is 4.98 Å². The third-order valence-electron chi connectivity index (χ3n) is 6.14. The number of anilines is 2. The van der Waals surface area contributed by atoms with Gasteiger partial charge in [0.2, 0.25) is 0 Å². The third-order valence-corrected chi connectivity index (χ3v) is 6.14. The molecule has 0 fully saturated rings. The van der Waals surface area contributed by atoms with Crippen molar-refractivity contribution in [3.8, 4) is 11.1 Å². The number of halogens is 3. The van der Waals surface area contributed by atoms with Crippen LogP contribution in [-0.2, 0) is 19.1 Å². The van der Waals surface area contributed by atoms with Crippen molar-refractivity contribution in [3.63, 3.8) is 0 Å². The summed E-state index contributed by atoms with van der Waals surface area (Å²) in [6.07, 6.45) is -1.79. The molecular weight excluding hydrogens is 451 g/mol. The molecule has 0 atom stereocenters. The van der Waals surface area contributed by atoms with Crippen LogP contribution in [-0.4, -0.2) is 17.4 Å². The van der Waals surface area contributed by atoms with Gasteiger partial charge in [-0.15, -0.1) is 0 Å². The van der Waals surface area contributed by atoms with Gasteiger partial charge >= 0.3 is 6.18 Å². The molecule has 0 saturated heterocycles. The fourth-order valence-electron chi connectivity index (χ4n) is 4.34. The van der Waals surface area contributed by atoms with Crippen molar-refractivity contribution in [2.24, 2.45) is 0 Å². The first-order valence-corrected chi connectivity index (χ1v) is 11.2. The molecule has 2 heterocycles. The van der Waals surface area contributed by atoms with Crippen LogP contribution in [0.15, 0.2) is 91.1 Å². The second-order valence-electron chi connectivity index (χ2n) is 8.42. The first kappa shape index (κ1) is 22.7. The molecule has 1 aliphatic heterocycles. The van der Waals surface area contributed by atoms with Crippen LogP contribution in [0.4, 0.5) is 24.7 Å². The van der Waals surface area contributed by atoms with Crippen molar-refractivity contribution in [3.05, 3.63) is 113 Å². The van der Waals surface area contributed by atoms with Crippen molar-refractivity contribution in [2.75, 3.05) is 16.8 Å². The molecule has 1 aromatic heterocycles. The number of rotatable bonds is 4. The van der Waals surface area contributed by atoms with E-state index in [0.29, 0.717) is 22.4 Å². The van der Waals surface area contributed by atoms with Crippen LogP contribution in [0.25, 0.3) is 11.1 Å².